The zero-order valence-electron chi connectivity index (χ0n) is 16.4. The molecule has 6 heteroatoms. The summed E-state index contributed by atoms with van der Waals surface area (Å²) in [5.74, 6) is -1.25. The van der Waals surface area contributed by atoms with Gasteiger partial charge in [0.25, 0.3) is 11.5 Å². The topological polar surface area (TPSA) is 38.3 Å². The minimum absolute atomic E-state index is 0.0432. The van der Waals surface area contributed by atoms with E-state index in [0.717, 1.165) is 5.56 Å². The van der Waals surface area contributed by atoms with Gasteiger partial charge in [0, 0.05) is 12.1 Å². The van der Waals surface area contributed by atoms with Gasteiger partial charge in [0.2, 0.25) is 0 Å². The van der Waals surface area contributed by atoms with Crippen molar-refractivity contribution in [1.82, 2.24) is 5.32 Å². The van der Waals surface area contributed by atoms with E-state index in [0.29, 0.717) is 11.1 Å². The van der Waals surface area contributed by atoms with Crippen LogP contribution in [-0.2, 0) is 28.3 Å². The highest BCUT2D eigenvalue weighted by Crippen LogP contribution is 2.43. The van der Waals surface area contributed by atoms with E-state index in [4.69, 9.17) is 4.74 Å². The van der Waals surface area contributed by atoms with Gasteiger partial charge in [0.15, 0.2) is 0 Å². The van der Waals surface area contributed by atoms with Crippen LogP contribution in [0.1, 0.15) is 22.3 Å². The SMILES string of the molecule is Cc1ccc(CNC(=O)C(OCc2ccccc2)(c2ccccc2)C(F)(F)F)cc1. The second-order valence-electron chi connectivity index (χ2n) is 6.99. The molecule has 0 saturated heterocycles. The van der Waals surface area contributed by atoms with Gasteiger partial charge in [-0.05, 0) is 18.1 Å². The number of aryl methyl sites for hydroxylation is 1. The molecule has 0 aliphatic heterocycles. The Morgan fingerprint density at radius 1 is 0.833 bits per heavy atom. The zero-order chi connectivity index (χ0) is 21.6. The van der Waals surface area contributed by atoms with Crippen molar-refractivity contribution in [3.05, 3.63) is 107 Å². The third kappa shape index (κ3) is 4.71. The van der Waals surface area contributed by atoms with Crippen LogP contribution in [0.2, 0.25) is 0 Å². The van der Waals surface area contributed by atoms with Crippen molar-refractivity contribution >= 4 is 5.91 Å². The van der Waals surface area contributed by atoms with Gasteiger partial charge in [-0.1, -0.05) is 90.5 Å². The van der Waals surface area contributed by atoms with Gasteiger partial charge in [-0.15, -0.1) is 0 Å². The Morgan fingerprint density at radius 2 is 1.40 bits per heavy atom. The quantitative estimate of drug-likeness (QED) is 0.572. The van der Waals surface area contributed by atoms with Crippen molar-refractivity contribution in [2.45, 2.75) is 31.9 Å². The van der Waals surface area contributed by atoms with Crippen molar-refractivity contribution in [3.63, 3.8) is 0 Å². The molecule has 3 nitrogen and oxygen atoms in total. The van der Waals surface area contributed by atoms with Crippen LogP contribution in [0.4, 0.5) is 13.2 Å². The van der Waals surface area contributed by atoms with Gasteiger partial charge < -0.3 is 10.1 Å². The molecule has 1 atom stereocenters. The van der Waals surface area contributed by atoms with Gasteiger partial charge in [0.05, 0.1) is 6.61 Å². The van der Waals surface area contributed by atoms with Crippen LogP contribution in [0.3, 0.4) is 0 Å². The van der Waals surface area contributed by atoms with Crippen LogP contribution in [-0.4, -0.2) is 12.1 Å². The Hall–Kier alpha value is -3.12. The third-order valence-corrected chi connectivity index (χ3v) is 4.77. The van der Waals surface area contributed by atoms with Crippen molar-refractivity contribution in [2.75, 3.05) is 0 Å². The molecule has 3 rings (SSSR count). The van der Waals surface area contributed by atoms with Gasteiger partial charge in [-0.3, -0.25) is 4.79 Å². The number of amides is 1. The predicted octanol–water partition coefficient (Wildman–Crippen LogP) is 5.29. The van der Waals surface area contributed by atoms with E-state index in [1.807, 2.05) is 19.1 Å². The molecule has 0 bridgehead atoms. The summed E-state index contributed by atoms with van der Waals surface area (Å²) in [6.45, 7) is 1.50. The first kappa shape index (κ1) is 21.6. The van der Waals surface area contributed by atoms with Crippen LogP contribution in [0.15, 0.2) is 84.9 Å². The lowest BCUT2D eigenvalue weighted by Gasteiger charge is -2.34. The maximum atomic E-state index is 14.4. The predicted molar refractivity (Wildman–Crippen MR) is 108 cm³/mol. The summed E-state index contributed by atoms with van der Waals surface area (Å²) in [5, 5.41) is 2.42. The standard InChI is InChI=1S/C24H22F3NO2/c1-18-12-14-19(15-13-18)16-28-22(29)23(24(25,26)27,21-10-6-3-7-11-21)30-17-20-8-4-2-5-9-20/h2-15H,16-17H2,1H3,(H,28,29). The second kappa shape index (κ2) is 9.13. The van der Waals surface area contributed by atoms with Crippen molar-refractivity contribution in [1.29, 1.82) is 0 Å². The Labute approximate surface area is 173 Å². The molecule has 0 saturated carbocycles. The molecule has 1 N–H and O–H groups in total. The number of hydrogen-bond donors (Lipinski definition) is 1. The Bertz CT molecular complexity index is 957. The summed E-state index contributed by atoms with van der Waals surface area (Å²) >= 11 is 0. The number of hydrogen-bond acceptors (Lipinski definition) is 2. The number of alkyl halides is 3. The molecule has 1 amide bonds. The lowest BCUT2D eigenvalue weighted by molar-refractivity contribution is -0.277. The Kier molecular flexibility index (Phi) is 6.57. The fourth-order valence-corrected chi connectivity index (χ4v) is 3.11. The normalized spacial score (nSPS) is 13.5. The molecule has 3 aromatic rings. The summed E-state index contributed by atoms with van der Waals surface area (Å²) in [4.78, 5) is 13.0. The third-order valence-electron chi connectivity index (χ3n) is 4.77. The highest BCUT2D eigenvalue weighted by atomic mass is 19.4. The van der Waals surface area contributed by atoms with E-state index < -0.39 is 17.7 Å². The lowest BCUT2D eigenvalue weighted by atomic mass is 9.91. The number of carbonyl (C=O) groups excluding carboxylic acids is 1. The first-order chi connectivity index (χ1) is 14.3. The van der Waals surface area contributed by atoms with Gasteiger partial charge in [-0.2, -0.15) is 13.2 Å². The monoisotopic (exact) mass is 413 g/mol. The fourth-order valence-electron chi connectivity index (χ4n) is 3.11. The first-order valence-electron chi connectivity index (χ1n) is 9.47. The van der Waals surface area contributed by atoms with Gasteiger partial charge in [-0.25, -0.2) is 0 Å². The van der Waals surface area contributed by atoms with E-state index in [1.165, 1.54) is 24.3 Å². The molecule has 156 valence electrons. The van der Waals surface area contributed by atoms with E-state index in [2.05, 4.69) is 5.32 Å². The Balaban J connectivity index is 1.93. The molecule has 30 heavy (non-hydrogen) atoms. The lowest BCUT2D eigenvalue weighted by Crippen LogP contribution is -2.56. The number of benzene rings is 3. The molecule has 0 aliphatic carbocycles. The molecule has 3 aromatic carbocycles. The van der Waals surface area contributed by atoms with Gasteiger partial charge >= 0.3 is 6.18 Å². The van der Waals surface area contributed by atoms with Crippen molar-refractivity contribution in [2.24, 2.45) is 0 Å². The van der Waals surface area contributed by atoms with Gasteiger partial charge in [0.1, 0.15) is 0 Å². The first-order valence-corrected chi connectivity index (χ1v) is 9.47. The minimum atomic E-state index is -4.97. The minimum Gasteiger partial charge on any atom is -0.349 e. The summed E-state index contributed by atoms with van der Waals surface area (Å²) in [6, 6.07) is 22.7. The number of nitrogens with one attached hydrogen (secondary N) is 1. The zero-order valence-corrected chi connectivity index (χ0v) is 16.4. The van der Waals surface area contributed by atoms with E-state index in [9.17, 15) is 18.0 Å². The summed E-state index contributed by atoms with van der Waals surface area (Å²) < 4.78 is 48.6. The highest BCUT2D eigenvalue weighted by molar-refractivity contribution is 5.87. The Morgan fingerprint density at radius 3 is 1.97 bits per heavy atom. The molecule has 0 radical (unpaired) electrons. The number of rotatable bonds is 7. The van der Waals surface area contributed by atoms with Crippen LogP contribution in [0.5, 0.6) is 0 Å². The smallest absolute Gasteiger partial charge is 0.349 e. The van der Waals surface area contributed by atoms with E-state index in [-0.39, 0.29) is 18.7 Å². The summed E-state index contributed by atoms with van der Waals surface area (Å²) in [7, 11) is 0. The molecule has 0 aliphatic rings. The summed E-state index contributed by atoms with van der Waals surface area (Å²) in [6.07, 6.45) is -4.97. The summed E-state index contributed by atoms with van der Waals surface area (Å²) in [5.41, 5.74) is -1.15. The van der Waals surface area contributed by atoms with Crippen molar-refractivity contribution < 1.29 is 22.7 Å². The second-order valence-corrected chi connectivity index (χ2v) is 6.99. The highest BCUT2D eigenvalue weighted by Gasteiger charge is 2.63. The molecule has 0 aromatic heterocycles. The maximum absolute atomic E-state index is 14.4. The molecule has 0 heterocycles. The molecule has 0 fully saturated rings. The molecular formula is C24H22F3NO2. The average Bonchev–Trinajstić information content (AvgIpc) is 2.74. The van der Waals surface area contributed by atoms with Crippen LogP contribution < -0.4 is 5.32 Å². The number of ether oxygens (including phenoxy) is 1. The van der Waals surface area contributed by atoms with E-state index >= 15 is 0 Å². The molecule has 0 spiro atoms. The van der Waals surface area contributed by atoms with Crippen LogP contribution >= 0.6 is 0 Å². The molecular weight excluding hydrogens is 391 g/mol. The maximum Gasteiger partial charge on any atom is 0.430 e. The van der Waals surface area contributed by atoms with Crippen LogP contribution in [0, 0.1) is 6.92 Å². The largest absolute Gasteiger partial charge is 0.430 e. The molecule has 1 unspecified atom stereocenters. The average molecular weight is 413 g/mol. The fraction of sp³-hybridized carbons (Fsp3) is 0.208. The van der Waals surface area contributed by atoms with E-state index in [1.54, 1.807) is 48.5 Å². The van der Waals surface area contributed by atoms with Crippen molar-refractivity contribution in [3.8, 4) is 0 Å². The number of carbonyl (C=O) groups is 1. The number of halogens is 3. The van der Waals surface area contributed by atoms with Crippen LogP contribution in [0.25, 0.3) is 0 Å².